The van der Waals surface area contributed by atoms with Gasteiger partial charge in [0, 0.05) is 5.56 Å². The quantitative estimate of drug-likeness (QED) is 0.449. The number of carbonyl (C=O) groups is 1. The molecule has 0 N–H and O–H groups in total. The van der Waals surface area contributed by atoms with E-state index in [1.54, 1.807) is 24.3 Å². The lowest BCUT2D eigenvalue weighted by atomic mass is 10.2. The predicted octanol–water partition coefficient (Wildman–Crippen LogP) is 4.89. The number of nitrogens with zero attached hydrogens (tertiary/aromatic N) is 2. The maximum Gasteiger partial charge on any atom is 0.338 e. The third-order valence-corrected chi connectivity index (χ3v) is 3.86. The number of carbonyl (C=O) groups excluding carboxylic acids is 1. The summed E-state index contributed by atoms with van der Waals surface area (Å²) in [6.07, 6.45) is 0. The Balaban J connectivity index is 1.39. The lowest BCUT2D eigenvalue weighted by Crippen LogP contribution is -2.05. The Morgan fingerprint density at radius 3 is 2.32 bits per heavy atom. The molecule has 1 heterocycles. The van der Waals surface area contributed by atoms with Crippen molar-refractivity contribution in [1.29, 1.82) is 0 Å². The van der Waals surface area contributed by atoms with Gasteiger partial charge >= 0.3 is 5.97 Å². The molecule has 3 aromatic carbocycles. The molecule has 0 aliphatic heterocycles. The number of hydrogen-bond acceptors (Lipinski definition) is 6. The number of aromatic nitrogens is 2. The van der Waals surface area contributed by atoms with E-state index in [1.165, 1.54) is 0 Å². The molecule has 0 saturated heterocycles. The van der Waals surface area contributed by atoms with Crippen LogP contribution in [0.25, 0.3) is 11.5 Å². The van der Waals surface area contributed by atoms with Gasteiger partial charge in [0.2, 0.25) is 5.89 Å². The molecule has 0 aliphatic rings. The summed E-state index contributed by atoms with van der Waals surface area (Å²) in [6.45, 7) is -0.109. The minimum atomic E-state index is -0.502. The molecule has 0 atom stereocenters. The highest BCUT2D eigenvalue weighted by Gasteiger charge is 2.13. The molecular formula is C22H16N2O4. The average molecular weight is 372 g/mol. The van der Waals surface area contributed by atoms with Crippen molar-refractivity contribution in [2.24, 2.45) is 0 Å². The molecule has 6 heteroatoms. The monoisotopic (exact) mass is 372 g/mol. The molecule has 6 nitrogen and oxygen atoms in total. The zero-order valence-corrected chi connectivity index (χ0v) is 14.8. The second kappa shape index (κ2) is 8.18. The van der Waals surface area contributed by atoms with Gasteiger partial charge in [-0.05, 0) is 42.5 Å². The van der Waals surface area contributed by atoms with Crippen LogP contribution in [-0.2, 0) is 11.3 Å². The van der Waals surface area contributed by atoms with Crippen LogP contribution in [-0.4, -0.2) is 16.2 Å². The normalized spacial score (nSPS) is 10.4. The maximum atomic E-state index is 12.3. The largest absolute Gasteiger partial charge is 0.457 e. The van der Waals surface area contributed by atoms with Gasteiger partial charge in [-0.1, -0.05) is 42.5 Å². The molecular weight excluding hydrogens is 356 g/mol. The van der Waals surface area contributed by atoms with Gasteiger partial charge in [0.15, 0.2) is 6.61 Å². The molecule has 0 unspecified atom stereocenters. The minimum Gasteiger partial charge on any atom is -0.457 e. The Hall–Kier alpha value is -3.93. The van der Waals surface area contributed by atoms with E-state index in [9.17, 15) is 4.79 Å². The average Bonchev–Trinajstić information content (AvgIpc) is 3.23. The van der Waals surface area contributed by atoms with Crippen molar-refractivity contribution in [3.8, 4) is 23.0 Å². The van der Waals surface area contributed by atoms with E-state index in [0.717, 1.165) is 5.56 Å². The Kier molecular flexibility index (Phi) is 5.11. The van der Waals surface area contributed by atoms with Crippen molar-refractivity contribution in [3.05, 3.63) is 96.4 Å². The van der Waals surface area contributed by atoms with Crippen LogP contribution in [0.1, 0.15) is 16.2 Å². The van der Waals surface area contributed by atoms with Gasteiger partial charge in [0.05, 0.1) is 5.56 Å². The van der Waals surface area contributed by atoms with Crippen molar-refractivity contribution in [1.82, 2.24) is 10.2 Å². The van der Waals surface area contributed by atoms with Gasteiger partial charge in [-0.2, -0.15) is 0 Å². The first-order valence-electron chi connectivity index (χ1n) is 8.66. The summed E-state index contributed by atoms with van der Waals surface area (Å²) in [6, 6.07) is 25.5. The van der Waals surface area contributed by atoms with Gasteiger partial charge in [0.25, 0.3) is 5.89 Å². The number of ether oxygens (including phenoxy) is 2. The molecule has 4 aromatic rings. The Bertz CT molecular complexity index is 1060. The third kappa shape index (κ3) is 4.24. The highest BCUT2D eigenvalue weighted by Crippen LogP contribution is 2.22. The van der Waals surface area contributed by atoms with Crippen LogP contribution in [0.2, 0.25) is 0 Å². The molecule has 0 aliphatic carbocycles. The number of para-hydroxylation sites is 1. The van der Waals surface area contributed by atoms with Gasteiger partial charge in [-0.3, -0.25) is 0 Å². The molecule has 0 bridgehead atoms. The van der Waals surface area contributed by atoms with Crippen LogP contribution in [0.5, 0.6) is 11.5 Å². The summed E-state index contributed by atoms with van der Waals surface area (Å²) in [5, 5.41) is 7.88. The maximum absolute atomic E-state index is 12.3. The van der Waals surface area contributed by atoms with Crippen LogP contribution < -0.4 is 4.74 Å². The first-order valence-corrected chi connectivity index (χ1v) is 8.66. The summed E-state index contributed by atoms with van der Waals surface area (Å²) < 4.78 is 16.5. The molecule has 28 heavy (non-hydrogen) atoms. The van der Waals surface area contributed by atoms with Gasteiger partial charge in [-0.25, -0.2) is 4.79 Å². The van der Waals surface area contributed by atoms with Gasteiger partial charge in [0.1, 0.15) is 11.5 Å². The van der Waals surface area contributed by atoms with Gasteiger partial charge in [-0.15, -0.1) is 10.2 Å². The van der Waals surface area contributed by atoms with Crippen LogP contribution in [0.15, 0.2) is 89.3 Å². The number of hydrogen-bond donors (Lipinski definition) is 0. The zero-order chi connectivity index (χ0) is 19.2. The van der Waals surface area contributed by atoms with Crippen LogP contribution >= 0.6 is 0 Å². The van der Waals surface area contributed by atoms with Gasteiger partial charge < -0.3 is 13.9 Å². The fraction of sp³-hybridized carbons (Fsp3) is 0.0455. The van der Waals surface area contributed by atoms with E-state index < -0.39 is 5.97 Å². The fourth-order valence-electron chi connectivity index (χ4n) is 2.53. The summed E-state index contributed by atoms with van der Waals surface area (Å²) >= 11 is 0. The first-order chi connectivity index (χ1) is 13.8. The molecule has 0 amide bonds. The summed E-state index contributed by atoms with van der Waals surface area (Å²) in [4.78, 5) is 12.3. The minimum absolute atomic E-state index is 0.109. The molecule has 4 rings (SSSR count). The number of benzene rings is 3. The van der Waals surface area contributed by atoms with Crippen molar-refractivity contribution in [2.45, 2.75) is 6.61 Å². The highest BCUT2D eigenvalue weighted by molar-refractivity contribution is 5.89. The summed E-state index contributed by atoms with van der Waals surface area (Å²) in [5.74, 6) is 1.34. The molecule has 0 saturated carbocycles. The smallest absolute Gasteiger partial charge is 0.338 e. The first kappa shape index (κ1) is 17.5. The lowest BCUT2D eigenvalue weighted by Gasteiger charge is -2.07. The zero-order valence-electron chi connectivity index (χ0n) is 14.8. The molecule has 0 radical (unpaired) electrons. The van der Waals surface area contributed by atoms with Crippen LogP contribution in [0.4, 0.5) is 0 Å². The lowest BCUT2D eigenvalue weighted by molar-refractivity contribution is 0.0438. The standard InChI is InChI=1S/C22H16N2O4/c25-22(17-10-7-13-19(14-17)27-18-11-5-2-6-12-18)26-15-20-23-24-21(28-20)16-8-3-1-4-9-16/h1-14H,15H2. The number of esters is 1. The fourth-order valence-corrected chi connectivity index (χ4v) is 2.53. The van der Waals surface area contributed by atoms with Crippen LogP contribution in [0, 0.1) is 0 Å². The van der Waals surface area contributed by atoms with Crippen molar-refractivity contribution in [2.75, 3.05) is 0 Å². The summed E-state index contributed by atoms with van der Waals surface area (Å²) in [5.41, 5.74) is 1.18. The van der Waals surface area contributed by atoms with E-state index in [1.807, 2.05) is 60.7 Å². The number of rotatable bonds is 6. The summed E-state index contributed by atoms with van der Waals surface area (Å²) in [7, 11) is 0. The Morgan fingerprint density at radius 2 is 1.54 bits per heavy atom. The van der Waals surface area contributed by atoms with E-state index in [4.69, 9.17) is 13.9 Å². The second-order valence-corrected chi connectivity index (χ2v) is 5.89. The van der Waals surface area contributed by atoms with E-state index in [0.29, 0.717) is 23.0 Å². The van der Waals surface area contributed by atoms with E-state index >= 15 is 0 Å². The van der Waals surface area contributed by atoms with Crippen molar-refractivity contribution in [3.63, 3.8) is 0 Å². The molecule has 0 fully saturated rings. The van der Waals surface area contributed by atoms with E-state index in [-0.39, 0.29) is 12.5 Å². The molecule has 1 aromatic heterocycles. The van der Waals surface area contributed by atoms with Crippen molar-refractivity contribution >= 4 is 5.97 Å². The SMILES string of the molecule is O=C(OCc1nnc(-c2ccccc2)o1)c1cccc(Oc2ccccc2)c1. The second-order valence-electron chi connectivity index (χ2n) is 5.89. The Morgan fingerprint density at radius 1 is 0.821 bits per heavy atom. The Labute approximate surface area is 161 Å². The predicted molar refractivity (Wildman–Crippen MR) is 102 cm³/mol. The van der Waals surface area contributed by atoms with Crippen LogP contribution in [0.3, 0.4) is 0 Å². The van der Waals surface area contributed by atoms with E-state index in [2.05, 4.69) is 10.2 Å². The molecule has 0 spiro atoms. The third-order valence-electron chi connectivity index (χ3n) is 3.86. The topological polar surface area (TPSA) is 74.5 Å². The van der Waals surface area contributed by atoms with Crippen molar-refractivity contribution < 1.29 is 18.7 Å². The highest BCUT2D eigenvalue weighted by atomic mass is 16.5. The molecule has 138 valence electrons.